The molecule has 1 aromatic carbocycles. The van der Waals surface area contributed by atoms with Crippen LogP contribution in [0, 0.1) is 0 Å². The van der Waals surface area contributed by atoms with Crippen molar-refractivity contribution in [3.8, 4) is 17.0 Å². The summed E-state index contributed by atoms with van der Waals surface area (Å²) < 4.78 is 5.30. The van der Waals surface area contributed by atoms with E-state index in [-0.39, 0.29) is 12.6 Å². The largest absolute Gasteiger partial charge is 0.497 e. The van der Waals surface area contributed by atoms with Crippen LogP contribution in [0.5, 0.6) is 5.75 Å². The average molecular weight is 328 g/mol. The highest BCUT2D eigenvalue weighted by Gasteiger charge is 2.11. The Morgan fingerprint density at radius 1 is 1.30 bits per heavy atom. The fourth-order valence-corrected chi connectivity index (χ4v) is 3.09. The minimum absolute atomic E-state index is 0.0527. The minimum Gasteiger partial charge on any atom is -0.497 e. The monoisotopic (exact) mass is 328 g/mol. The van der Waals surface area contributed by atoms with E-state index in [1.165, 1.54) is 0 Å². The summed E-state index contributed by atoms with van der Waals surface area (Å²) >= 11 is 1.66. The molecule has 120 valence electrons. The van der Waals surface area contributed by atoms with Crippen molar-refractivity contribution in [2.45, 2.75) is 19.5 Å². The molecule has 5 heteroatoms. The maximum absolute atomic E-state index is 9.21. The Hall–Kier alpha value is -1.95. The Balaban J connectivity index is 2.06. The number of nitrogens with zero attached hydrogens (tertiary/aromatic N) is 1. The molecule has 0 fully saturated rings. The maximum Gasteiger partial charge on any atom is 0.121 e. The molecule has 0 aliphatic carbocycles. The number of aromatic nitrogens is 1. The van der Waals surface area contributed by atoms with Gasteiger partial charge in [-0.25, -0.2) is 4.98 Å². The molecule has 2 N–H and O–H groups in total. The summed E-state index contributed by atoms with van der Waals surface area (Å²) in [5.74, 6) is 0.807. The van der Waals surface area contributed by atoms with Crippen LogP contribution >= 0.6 is 11.3 Å². The quantitative estimate of drug-likeness (QED) is 0.728. The summed E-state index contributed by atoms with van der Waals surface area (Å²) in [6, 6.07) is 10.2. The maximum atomic E-state index is 9.21. The molecule has 3 rings (SSSR count). The van der Waals surface area contributed by atoms with Gasteiger partial charge in [-0.3, -0.25) is 0 Å². The van der Waals surface area contributed by atoms with Crippen molar-refractivity contribution in [2.24, 2.45) is 0 Å². The molecule has 0 bridgehead atoms. The SMILES string of the molecule is COc1ccc2cc(CNC(C)CO)c(-c3ccsc3)nc2c1. The third kappa shape index (κ3) is 3.52. The van der Waals surface area contributed by atoms with Crippen molar-refractivity contribution in [1.82, 2.24) is 10.3 Å². The van der Waals surface area contributed by atoms with Gasteiger partial charge in [-0.2, -0.15) is 11.3 Å². The first-order chi connectivity index (χ1) is 11.2. The lowest BCUT2D eigenvalue weighted by Gasteiger charge is -2.14. The number of nitrogens with one attached hydrogen (secondary N) is 1. The zero-order valence-corrected chi connectivity index (χ0v) is 14.1. The molecule has 0 saturated heterocycles. The van der Waals surface area contributed by atoms with Crippen LogP contribution in [-0.2, 0) is 6.54 Å². The fourth-order valence-electron chi connectivity index (χ4n) is 2.45. The molecule has 0 amide bonds. The van der Waals surface area contributed by atoms with Gasteiger partial charge in [-0.1, -0.05) is 0 Å². The van der Waals surface area contributed by atoms with Crippen LogP contribution in [0.25, 0.3) is 22.2 Å². The summed E-state index contributed by atoms with van der Waals surface area (Å²) in [6.45, 7) is 2.75. The molecular weight excluding hydrogens is 308 g/mol. The predicted octanol–water partition coefficient (Wildman–Crippen LogP) is 3.44. The van der Waals surface area contributed by atoms with Gasteiger partial charge in [0.25, 0.3) is 0 Å². The number of hydrogen-bond acceptors (Lipinski definition) is 5. The van der Waals surface area contributed by atoms with Crippen LogP contribution in [0.3, 0.4) is 0 Å². The summed E-state index contributed by atoms with van der Waals surface area (Å²) in [7, 11) is 1.66. The van der Waals surface area contributed by atoms with Crippen molar-refractivity contribution in [3.63, 3.8) is 0 Å². The van der Waals surface area contributed by atoms with E-state index in [9.17, 15) is 5.11 Å². The smallest absolute Gasteiger partial charge is 0.121 e. The molecule has 2 heterocycles. The van der Waals surface area contributed by atoms with Gasteiger partial charge in [-0.15, -0.1) is 0 Å². The van der Waals surface area contributed by atoms with Crippen molar-refractivity contribution in [1.29, 1.82) is 0 Å². The Morgan fingerprint density at radius 3 is 2.87 bits per heavy atom. The van der Waals surface area contributed by atoms with Crippen LogP contribution in [0.15, 0.2) is 41.1 Å². The molecule has 0 spiro atoms. The van der Waals surface area contributed by atoms with Crippen LogP contribution in [0.2, 0.25) is 0 Å². The summed E-state index contributed by atoms with van der Waals surface area (Å²) in [6.07, 6.45) is 0. The molecule has 4 nitrogen and oxygen atoms in total. The van der Waals surface area contributed by atoms with Gasteiger partial charge < -0.3 is 15.2 Å². The first-order valence-electron chi connectivity index (χ1n) is 7.55. The van der Waals surface area contributed by atoms with Gasteiger partial charge >= 0.3 is 0 Å². The number of hydrogen-bond donors (Lipinski definition) is 2. The number of fused-ring (bicyclic) bond motifs is 1. The number of rotatable bonds is 6. The van der Waals surface area contributed by atoms with Crippen LogP contribution in [0.4, 0.5) is 0 Å². The van der Waals surface area contributed by atoms with Crippen molar-refractivity contribution in [2.75, 3.05) is 13.7 Å². The Morgan fingerprint density at radius 2 is 2.17 bits per heavy atom. The minimum atomic E-state index is 0.0527. The number of pyridine rings is 1. The van der Waals surface area contributed by atoms with Gasteiger partial charge in [-0.05, 0) is 42.1 Å². The second-order valence-electron chi connectivity index (χ2n) is 5.53. The van der Waals surface area contributed by atoms with E-state index < -0.39 is 0 Å². The van der Waals surface area contributed by atoms with E-state index in [1.54, 1.807) is 18.4 Å². The Kier molecular flexibility index (Phi) is 4.91. The first kappa shape index (κ1) is 15.9. The van der Waals surface area contributed by atoms with Crippen molar-refractivity contribution >= 4 is 22.2 Å². The molecule has 1 atom stereocenters. The van der Waals surface area contributed by atoms with Gasteiger partial charge in [0.15, 0.2) is 0 Å². The van der Waals surface area contributed by atoms with E-state index in [0.717, 1.165) is 33.5 Å². The molecule has 0 aliphatic heterocycles. The highest BCUT2D eigenvalue weighted by molar-refractivity contribution is 7.08. The normalized spacial score (nSPS) is 12.5. The number of aliphatic hydroxyl groups is 1. The molecular formula is C18H20N2O2S. The number of aliphatic hydroxyl groups excluding tert-OH is 1. The van der Waals surface area contributed by atoms with E-state index in [0.29, 0.717) is 6.54 Å². The lowest BCUT2D eigenvalue weighted by molar-refractivity contribution is 0.251. The van der Waals surface area contributed by atoms with E-state index in [1.807, 2.05) is 25.1 Å². The van der Waals surface area contributed by atoms with Gasteiger partial charge in [0.05, 0.1) is 24.9 Å². The zero-order valence-electron chi connectivity index (χ0n) is 13.2. The molecule has 3 aromatic rings. The molecule has 1 unspecified atom stereocenters. The molecule has 0 aliphatic rings. The summed E-state index contributed by atoms with van der Waals surface area (Å²) in [5, 5.41) is 17.8. The number of benzene rings is 1. The third-order valence-corrected chi connectivity index (χ3v) is 4.50. The zero-order chi connectivity index (χ0) is 16.2. The highest BCUT2D eigenvalue weighted by Crippen LogP contribution is 2.29. The number of thiophene rings is 1. The summed E-state index contributed by atoms with van der Waals surface area (Å²) in [5.41, 5.74) is 4.14. The lowest BCUT2D eigenvalue weighted by atomic mass is 10.0. The van der Waals surface area contributed by atoms with Crippen LogP contribution in [-0.4, -0.2) is 29.8 Å². The van der Waals surface area contributed by atoms with Gasteiger partial charge in [0.2, 0.25) is 0 Å². The molecule has 0 radical (unpaired) electrons. The lowest BCUT2D eigenvalue weighted by Crippen LogP contribution is -2.28. The van der Waals surface area contributed by atoms with Gasteiger partial charge in [0.1, 0.15) is 5.75 Å². The van der Waals surface area contributed by atoms with Crippen LogP contribution in [0.1, 0.15) is 12.5 Å². The van der Waals surface area contributed by atoms with Crippen LogP contribution < -0.4 is 10.1 Å². The van der Waals surface area contributed by atoms with E-state index in [4.69, 9.17) is 9.72 Å². The Labute approximate surface area is 139 Å². The van der Waals surface area contributed by atoms with E-state index >= 15 is 0 Å². The number of methoxy groups -OCH3 is 1. The predicted molar refractivity (Wildman–Crippen MR) is 95.0 cm³/mol. The molecule has 2 aromatic heterocycles. The summed E-state index contributed by atoms with van der Waals surface area (Å²) in [4.78, 5) is 4.85. The standard InChI is InChI=1S/C18H20N2O2S/c1-12(10-21)19-9-15-7-13-3-4-16(22-2)8-17(13)20-18(15)14-5-6-23-11-14/h3-8,11-12,19,21H,9-10H2,1-2H3. The van der Waals surface area contributed by atoms with E-state index in [2.05, 4.69) is 28.2 Å². The average Bonchev–Trinajstić information content (AvgIpc) is 3.12. The topological polar surface area (TPSA) is 54.4 Å². The highest BCUT2D eigenvalue weighted by atomic mass is 32.1. The fraction of sp³-hybridized carbons (Fsp3) is 0.278. The first-order valence-corrected chi connectivity index (χ1v) is 8.50. The second kappa shape index (κ2) is 7.08. The van der Waals surface area contributed by atoms with Crippen molar-refractivity contribution < 1.29 is 9.84 Å². The van der Waals surface area contributed by atoms with Gasteiger partial charge in [0, 0.05) is 35.0 Å². The molecule has 0 saturated carbocycles. The Bertz CT molecular complexity index is 787. The molecule has 23 heavy (non-hydrogen) atoms. The second-order valence-corrected chi connectivity index (χ2v) is 6.31. The number of ether oxygens (including phenoxy) is 1. The van der Waals surface area contributed by atoms with Crippen molar-refractivity contribution in [3.05, 3.63) is 46.7 Å². The third-order valence-electron chi connectivity index (χ3n) is 3.81.